The van der Waals surface area contributed by atoms with E-state index in [9.17, 15) is 9.59 Å². The second-order valence-electron chi connectivity index (χ2n) is 8.53. The molecule has 4 heterocycles. The molecule has 0 N–H and O–H groups in total. The first kappa shape index (κ1) is 19.7. The number of fused-ring (bicyclic) bond motifs is 2. The van der Waals surface area contributed by atoms with Crippen molar-refractivity contribution in [2.45, 2.75) is 44.9 Å². The molecule has 29 heavy (non-hydrogen) atoms. The SMILES string of the molecule is Cn1c(N2CC3CC2CN3C(=O)OC(C)(C)C)nc(-c2ccnc(Cl)c2)cc1=O. The summed E-state index contributed by atoms with van der Waals surface area (Å²) in [5.74, 6) is 0.594. The van der Waals surface area contributed by atoms with Gasteiger partial charge in [-0.25, -0.2) is 14.8 Å². The molecular formula is C20H24ClN5O3. The molecule has 2 aromatic heterocycles. The van der Waals surface area contributed by atoms with Gasteiger partial charge in [0.2, 0.25) is 5.95 Å². The van der Waals surface area contributed by atoms with Crippen LogP contribution in [0.25, 0.3) is 11.3 Å². The number of ether oxygens (including phenoxy) is 1. The second-order valence-corrected chi connectivity index (χ2v) is 8.92. The number of pyridine rings is 1. The van der Waals surface area contributed by atoms with Crippen molar-refractivity contribution in [3.8, 4) is 11.3 Å². The van der Waals surface area contributed by atoms with Gasteiger partial charge in [-0.05, 0) is 39.3 Å². The lowest BCUT2D eigenvalue weighted by Gasteiger charge is -2.36. The van der Waals surface area contributed by atoms with E-state index in [1.54, 1.807) is 34.8 Å². The average molecular weight is 418 g/mol. The summed E-state index contributed by atoms with van der Waals surface area (Å²) in [5, 5.41) is 0.347. The second kappa shape index (κ2) is 7.02. The minimum absolute atomic E-state index is 0.0470. The monoisotopic (exact) mass is 417 g/mol. The molecule has 1 amide bonds. The maximum absolute atomic E-state index is 12.6. The zero-order chi connectivity index (χ0) is 20.9. The van der Waals surface area contributed by atoms with Crippen molar-refractivity contribution in [1.29, 1.82) is 0 Å². The Labute approximate surface area is 174 Å². The van der Waals surface area contributed by atoms with Crippen LogP contribution in [0.1, 0.15) is 27.2 Å². The minimum atomic E-state index is -0.524. The van der Waals surface area contributed by atoms with Gasteiger partial charge in [-0.15, -0.1) is 0 Å². The summed E-state index contributed by atoms with van der Waals surface area (Å²) in [6.07, 6.45) is 2.14. The lowest BCUT2D eigenvalue weighted by atomic mass is 10.2. The van der Waals surface area contributed by atoms with Crippen LogP contribution in [0.4, 0.5) is 10.7 Å². The number of likely N-dealkylation sites (tertiary alicyclic amines) is 1. The molecule has 2 unspecified atom stereocenters. The van der Waals surface area contributed by atoms with Crippen LogP contribution in [0, 0.1) is 0 Å². The van der Waals surface area contributed by atoms with Gasteiger partial charge in [-0.2, -0.15) is 0 Å². The minimum Gasteiger partial charge on any atom is -0.444 e. The van der Waals surface area contributed by atoms with E-state index < -0.39 is 5.60 Å². The van der Waals surface area contributed by atoms with Gasteiger partial charge in [0.25, 0.3) is 5.56 Å². The van der Waals surface area contributed by atoms with E-state index >= 15 is 0 Å². The predicted molar refractivity (Wildman–Crippen MR) is 110 cm³/mol. The Morgan fingerprint density at radius 3 is 2.62 bits per heavy atom. The highest BCUT2D eigenvalue weighted by atomic mass is 35.5. The van der Waals surface area contributed by atoms with Gasteiger partial charge in [0.15, 0.2) is 0 Å². The van der Waals surface area contributed by atoms with Gasteiger partial charge in [0.05, 0.1) is 17.8 Å². The molecule has 2 aromatic rings. The molecule has 2 saturated heterocycles. The van der Waals surface area contributed by atoms with Crippen LogP contribution in [0.15, 0.2) is 29.2 Å². The molecule has 2 atom stereocenters. The first-order chi connectivity index (χ1) is 13.6. The summed E-state index contributed by atoms with van der Waals surface area (Å²) in [6, 6.07) is 5.11. The highest BCUT2D eigenvalue weighted by molar-refractivity contribution is 6.29. The topological polar surface area (TPSA) is 80.6 Å². The highest BCUT2D eigenvalue weighted by Gasteiger charge is 2.47. The maximum Gasteiger partial charge on any atom is 0.410 e. The zero-order valence-corrected chi connectivity index (χ0v) is 17.7. The third-order valence-corrected chi connectivity index (χ3v) is 5.47. The highest BCUT2D eigenvalue weighted by Crippen LogP contribution is 2.34. The van der Waals surface area contributed by atoms with Gasteiger partial charge >= 0.3 is 6.09 Å². The number of carbonyl (C=O) groups excluding carboxylic acids is 1. The molecule has 0 radical (unpaired) electrons. The summed E-state index contributed by atoms with van der Waals surface area (Å²) >= 11 is 5.99. The number of aromatic nitrogens is 3. The fourth-order valence-corrected chi connectivity index (χ4v) is 4.12. The summed E-state index contributed by atoms with van der Waals surface area (Å²) in [6.45, 7) is 6.76. The van der Waals surface area contributed by atoms with Crippen LogP contribution in [0.2, 0.25) is 5.15 Å². The Kier molecular flexibility index (Phi) is 4.77. The normalized spacial score (nSPS) is 21.0. The van der Waals surface area contributed by atoms with E-state index in [-0.39, 0.29) is 23.7 Å². The smallest absolute Gasteiger partial charge is 0.410 e. The lowest BCUT2D eigenvalue weighted by Crippen LogP contribution is -2.51. The van der Waals surface area contributed by atoms with Crippen LogP contribution in [-0.2, 0) is 11.8 Å². The zero-order valence-electron chi connectivity index (χ0n) is 16.9. The van der Waals surface area contributed by atoms with Crippen LogP contribution in [0.3, 0.4) is 0 Å². The standard InChI is InChI=1S/C20H24ClN5O3/c1-20(2,3)29-19(28)26-11-13-8-14(26)10-25(13)18-23-15(9-17(27)24(18)4)12-5-6-22-16(21)7-12/h5-7,9,13-14H,8,10-11H2,1-4H3. The van der Waals surface area contributed by atoms with E-state index in [1.807, 2.05) is 20.8 Å². The Balaban J connectivity index is 1.60. The van der Waals surface area contributed by atoms with Gasteiger partial charge in [-0.3, -0.25) is 9.36 Å². The average Bonchev–Trinajstić information content (AvgIpc) is 3.23. The molecule has 2 aliphatic rings. The number of rotatable bonds is 2. The van der Waals surface area contributed by atoms with E-state index in [4.69, 9.17) is 21.3 Å². The Hall–Kier alpha value is -2.61. The van der Waals surface area contributed by atoms with Crippen LogP contribution >= 0.6 is 11.6 Å². The van der Waals surface area contributed by atoms with Crippen molar-refractivity contribution in [3.63, 3.8) is 0 Å². The summed E-state index contributed by atoms with van der Waals surface area (Å²) < 4.78 is 7.07. The molecule has 2 aliphatic heterocycles. The number of anilines is 1. The van der Waals surface area contributed by atoms with Crippen LogP contribution in [-0.4, -0.2) is 56.3 Å². The first-order valence-corrected chi connectivity index (χ1v) is 9.96. The third kappa shape index (κ3) is 3.81. The Bertz CT molecular complexity index is 1020. The Morgan fingerprint density at radius 1 is 1.24 bits per heavy atom. The fourth-order valence-electron chi connectivity index (χ4n) is 3.95. The molecule has 2 bridgehead atoms. The molecule has 9 heteroatoms. The van der Waals surface area contributed by atoms with Crippen LogP contribution < -0.4 is 10.5 Å². The molecule has 0 saturated carbocycles. The van der Waals surface area contributed by atoms with E-state index in [2.05, 4.69) is 9.88 Å². The summed E-state index contributed by atoms with van der Waals surface area (Å²) in [5.41, 5.74) is 0.622. The fraction of sp³-hybridized carbons (Fsp3) is 0.500. The van der Waals surface area contributed by atoms with Crippen molar-refractivity contribution in [2.75, 3.05) is 18.0 Å². The van der Waals surface area contributed by atoms with Gasteiger partial charge in [0, 0.05) is 38.0 Å². The maximum atomic E-state index is 12.6. The molecule has 0 spiro atoms. The first-order valence-electron chi connectivity index (χ1n) is 9.58. The predicted octanol–water partition coefficient (Wildman–Crippen LogP) is 2.69. The molecule has 4 rings (SSSR count). The largest absolute Gasteiger partial charge is 0.444 e. The number of hydrogen-bond acceptors (Lipinski definition) is 6. The van der Waals surface area contributed by atoms with Crippen molar-refractivity contribution < 1.29 is 9.53 Å². The summed E-state index contributed by atoms with van der Waals surface area (Å²) in [4.78, 5) is 37.7. The number of piperazine rings is 1. The molecule has 8 nitrogen and oxygen atoms in total. The Morgan fingerprint density at radius 2 is 2.00 bits per heavy atom. The molecule has 0 aliphatic carbocycles. The van der Waals surface area contributed by atoms with Crippen molar-refractivity contribution >= 4 is 23.6 Å². The number of halogens is 1. The van der Waals surface area contributed by atoms with Crippen molar-refractivity contribution in [1.82, 2.24) is 19.4 Å². The third-order valence-electron chi connectivity index (χ3n) is 5.26. The number of carbonyl (C=O) groups is 1. The van der Waals surface area contributed by atoms with E-state index in [0.29, 0.717) is 29.9 Å². The summed E-state index contributed by atoms with van der Waals surface area (Å²) in [7, 11) is 1.71. The number of amides is 1. The van der Waals surface area contributed by atoms with Gasteiger partial charge in [0.1, 0.15) is 10.8 Å². The van der Waals surface area contributed by atoms with E-state index in [1.165, 1.54) is 6.07 Å². The molecule has 2 fully saturated rings. The lowest BCUT2D eigenvalue weighted by molar-refractivity contribution is 0.0214. The number of nitrogens with zero attached hydrogens (tertiary/aromatic N) is 5. The molecule has 0 aromatic carbocycles. The van der Waals surface area contributed by atoms with Crippen LogP contribution in [0.5, 0.6) is 0 Å². The quantitative estimate of drug-likeness (QED) is 0.699. The molecular weight excluding hydrogens is 394 g/mol. The number of hydrogen-bond donors (Lipinski definition) is 0. The van der Waals surface area contributed by atoms with E-state index in [0.717, 1.165) is 12.0 Å². The molecule has 154 valence electrons. The van der Waals surface area contributed by atoms with Gasteiger partial charge in [-0.1, -0.05) is 11.6 Å². The van der Waals surface area contributed by atoms with Crippen molar-refractivity contribution in [2.24, 2.45) is 7.05 Å². The van der Waals surface area contributed by atoms with Gasteiger partial charge < -0.3 is 14.5 Å². The van der Waals surface area contributed by atoms with Crippen molar-refractivity contribution in [3.05, 3.63) is 39.9 Å².